The van der Waals surface area contributed by atoms with Crippen molar-refractivity contribution in [2.24, 2.45) is 5.92 Å². The van der Waals surface area contributed by atoms with Crippen LogP contribution < -0.4 is 0 Å². The van der Waals surface area contributed by atoms with Crippen LogP contribution in [-0.2, 0) is 0 Å². The van der Waals surface area contributed by atoms with Crippen molar-refractivity contribution in [3.8, 4) is 0 Å². The first-order valence-corrected chi connectivity index (χ1v) is 7.04. The van der Waals surface area contributed by atoms with Gasteiger partial charge in [-0.25, -0.2) is 0 Å². The summed E-state index contributed by atoms with van der Waals surface area (Å²) >= 11 is 9.34. The van der Waals surface area contributed by atoms with Gasteiger partial charge in [-0.2, -0.15) is 0 Å². The lowest BCUT2D eigenvalue weighted by Gasteiger charge is -2.21. The second kappa shape index (κ2) is 5.59. The lowest BCUT2D eigenvalue weighted by molar-refractivity contribution is 0.0645. The fourth-order valence-electron chi connectivity index (χ4n) is 1.86. The molecule has 2 rings (SSSR count). The number of carbonyl (C=O) groups is 1. The van der Waals surface area contributed by atoms with E-state index in [1.165, 1.54) is 4.90 Å². The van der Waals surface area contributed by atoms with Gasteiger partial charge < -0.3 is 10.0 Å². The molecular weight excluding hydrogens is 318 g/mol. The van der Waals surface area contributed by atoms with Crippen LogP contribution in [0.5, 0.6) is 0 Å². The molecule has 1 atom stereocenters. The number of amides is 1. The van der Waals surface area contributed by atoms with Crippen molar-refractivity contribution in [3.05, 3.63) is 33.3 Å². The van der Waals surface area contributed by atoms with E-state index in [-0.39, 0.29) is 5.91 Å². The highest BCUT2D eigenvalue weighted by atomic mass is 79.9. The molecule has 0 spiro atoms. The highest BCUT2D eigenvalue weighted by molar-refractivity contribution is 9.10. The third-order valence-electron chi connectivity index (χ3n) is 3.14. The van der Waals surface area contributed by atoms with E-state index in [4.69, 9.17) is 11.6 Å². The molecule has 0 saturated heterocycles. The summed E-state index contributed by atoms with van der Waals surface area (Å²) in [6.07, 6.45) is 1.69. The molecule has 1 N–H and O–H groups in total. The molecule has 1 fully saturated rings. The fraction of sp³-hybridized carbons (Fsp3) is 0.462. The molecule has 98 valence electrons. The minimum absolute atomic E-state index is 0.160. The molecule has 1 saturated carbocycles. The molecule has 1 unspecified atom stereocenters. The fourth-order valence-corrected chi connectivity index (χ4v) is 2.62. The van der Waals surface area contributed by atoms with Gasteiger partial charge in [0.25, 0.3) is 5.91 Å². The average molecular weight is 333 g/mol. The summed E-state index contributed by atoms with van der Waals surface area (Å²) in [5.74, 6) is 0.202. The molecule has 0 radical (unpaired) electrons. The standard InChI is InChI=1S/C13H15BrClNO2/c1-16(7-12(17)8-2-3-8)13(18)10-5-4-9(14)6-11(10)15/h4-6,8,12,17H,2-3,7H2,1H3. The number of halogens is 2. The van der Waals surface area contributed by atoms with Gasteiger partial charge in [-0.15, -0.1) is 0 Å². The molecule has 0 aliphatic heterocycles. The van der Waals surface area contributed by atoms with Gasteiger partial charge in [-0.05, 0) is 37.0 Å². The maximum atomic E-state index is 12.2. The van der Waals surface area contributed by atoms with Crippen molar-refractivity contribution in [1.29, 1.82) is 0 Å². The zero-order chi connectivity index (χ0) is 13.3. The highest BCUT2D eigenvalue weighted by Gasteiger charge is 2.31. The van der Waals surface area contributed by atoms with E-state index in [0.29, 0.717) is 23.0 Å². The zero-order valence-electron chi connectivity index (χ0n) is 10.1. The Labute approximate surface area is 120 Å². The predicted molar refractivity (Wildman–Crippen MR) is 74.8 cm³/mol. The number of benzene rings is 1. The lowest BCUT2D eigenvalue weighted by Crippen LogP contribution is -2.35. The molecule has 0 aromatic heterocycles. The number of nitrogens with zero attached hydrogens (tertiary/aromatic N) is 1. The van der Waals surface area contributed by atoms with E-state index in [1.807, 2.05) is 0 Å². The Morgan fingerprint density at radius 2 is 2.28 bits per heavy atom. The molecule has 3 nitrogen and oxygen atoms in total. The topological polar surface area (TPSA) is 40.5 Å². The van der Waals surface area contributed by atoms with Crippen molar-refractivity contribution >= 4 is 33.4 Å². The summed E-state index contributed by atoms with van der Waals surface area (Å²) in [6, 6.07) is 5.17. The van der Waals surface area contributed by atoms with E-state index in [1.54, 1.807) is 25.2 Å². The third kappa shape index (κ3) is 3.25. The van der Waals surface area contributed by atoms with Gasteiger partial charge in [0.15, 0.2) is 0 Å². The van der Waals surface area contributed by atoms with Crippen molar-refractivity contribution in [2.45, 2.75) is 18.9 Å². The predicted octanol–water partition coefficient (Wildman–Crippen LogP) is 2.95. The minimum atomic E-state index is -0.423. The van der Waals surface area contributed by atoms with Gasteiger partial charge in [0, 0.05) is 18.1 Å². The normalized spacial score (nSPS) is 16.4. The molecule has 1 aliphatic carbocycles. The summed E-state index contributed by atoms with van der Waals surface area (Å²) in [7, 11) is 1.69. The SMILES string of the molecule is CN(CC(O)C1CC1)C(=O)c1ccc(Br)cc1Cl. The van der Waals surface area contributed by atoms with Crippen LogP contribution in [0.2, 0.25) is 5.02 Å². The van der Waals surface area contributed by atoms with Gasteiger partial charge in [0.05, 0.1) is 16.7 Å². The maximum Gasteiger partial charge on any atom is 0.255 e. The number of aliphatic hydroxyl groups excluding tert-OH is 1. The van der Waals surface area contributed by atoms with E-state index in [0.717, 1.165) is 17.3 Å². The van der Waals surface area contributed by atoms with Crippen molar-refractivity contribution in [2.75, 3.05) is 13.6 Å². The summed E-state index contributed by atoms with van der Waals surface area (Å²) in [4.78, 5) is 13.7. The molecular formula is C13H15BrClNO2. The smallest absolute Gasteiger partial charge is 0.255 e. The van der Waals surface area contributed by atoms with Gasteiger partial charge >= 0.3 is 0 Å². The number of likely N-dealkylation sites (N-methyl/N-ethyl adjacent to an activating group) is 1. The largest absolute Gasteiger partial charge is 0.391 e. The van der Waals surface area contributed by atoms with Crippen LogP contribution in [0.3, 0.4) is 0 Å². The molecule has 5 heteroatoms. The second-order valence-corrected chi connectivity index (χ2v) is 6.04. The first-order valence-electron chi connectivity index (χ1n) is 5.87. The Balaban J connectivity index is 2.04. The first-order chi connectivity index (χ1) is 8.49. The van der Waals surface area contributed by atoms with Gasteiger partial charge in [-0.1, -0.05) is 27.5 Å². The van der Waals surface area contributed by atoms with Crippen LogP contribution in [-0.4, -0.2) is 35.6 Å². The second-order valence-electron chi connectivity index (χ2n) is 4.71. The zero-order valence-corrected chi connectivity index (χ0v) is 12.4. The number of hydrogen-bond acceptors (Lipinski definition) is 2. The van der Waals surface area contributed by atoms with Crippen LogP contribution in [0.25, 0.3) is 0 Å². The molecule has 1 aromatic rings. The number of aliphatic hydroxyl groups is 1. The van der Waals surface area contributed by atoms with Crippen LogP contribution >= 0.6 is 27.5 Å². The van der Waals surface area contributed by atoms with Gasteiger partial charge in [-0.3, -0.25) is 4.79 Å². The number of rotatable bonds is 4. The molecule has 1 aromatic carbocycles. The van der Waals surface area contributed by atoms with E-state index in [2.05, 4.69) is 15.9 Å². The van der Waals surface area contributed by atoms with Crippen LogP contribution in [0.15, 0.2) is 22.7 Å². The summed E-state index contributed by atoms with van der Waals surface area (Å²) < 4.78 is 0.838. The Kier molecular flexibility index (Phi) is 4.30. The minimum Gasteiger partial charge on any atom is -0.391 e. The summed E-state index contributed by atoms with van der Waals surface area (Å²) in [5, 5.41) is 10.3. The van der Waals surface area contributed by atoms with E-state index >= 15 is 0 Å². The molecule has 0 heterocycles. The van der Waals surface area contributed by atoms with Crippen LogP contribution in [0.1, 0.15) is 23.2 Å². The molecule has 0 bridgehead atoms. The Morgan fingerprint density at radius 1 is 1.61 bits per heavy atom. The summed E-state index contributed by atoms with van der Waals surface area (Å²) in [5.41, 5.74) is 0.463. The molecule has 1 amide bonds. The maximum absolute atomic E-state index is 12.2. The first kappa shape index (κ1) is 13.8. The number of hydrogen-bond donors (Lipinski definition) is 1. The van der Waals surface area contributed by atoms with Gasteiger partial charge in [0.1, 0.15) is 0 Å². The Bertz CT molecular complexity index is 462. The Hall–Kier alpha value is -0.580. The molecule has 18 heavy (non-hydrogen) atoms. The summed E-state index contributed by atoms with van der Waals surface area (Å²) in [6.45, 7) is 0.357. The Morgan fingerprint density at radius 3 is 2.83 bits per heavy atom. The monoisotopic (exact) mass is 331 g/mol. The van der Waals surface area contributed by atoms with Crippen molar-refractivity contribution in [3.63, 3.8) is 0 Å². The van der Waals surface area contributed by atoms with Crippen molar-refractivity contribution in [1.82, 2.24) is 4.90 Å². The third-order valence-corrected chi connectivity index (χ3v) is 3.94. The van der Waals surface area contributed by atoms with Crippen LogP contribution in [0, 0.1) is 5.92 Å². The van der Waals surface area contributed by atoms with Crippen LogP contribution in [0.4, 0.5) is 0 Å². The van der Waals surface area contributed by atoms with Crippen molar-refractivity contribution < 1.29 is 9.90 Å². The van der Waals surface area contributed by atoms with E-state index < -0.39 is 6.10 Å². The highest BCUT2D eigenvalue weighted by Crippen LogP contribution is 2.33. The molecule has 1 aliphatic rings. The van der Waals surface area contributed by atoms with E-state index in [9.17, 15) is 9.90 Å². The lowest BCUT2D eigenvalue weighted by atomic mass is 10.1. The number of carbonyl (C=O) groups excluding carboxylic acids is 1. The average Bonchev–Trinajstić information content (AvgIpc) is 3.11. The quantitative estimate of drug-likeness (QED) is 0.921. The van der Waals surface area contributed by atoms with Gasteiger partial charge in [0.2, 0.25) is 0 Å².